The van der Waals surface area contributed by atoms with Crippen molar-refractivity contribution < 1.29 is 44.3 Å². The molecule has 4 rings (SSSR count). The van der Waals surface area contributed by atoms with Crippen LogP contribution in [-0.4, -0.2) is 98.6 Å². The molecule has 224 valence electrons. The minimum absolute atomic E-state index is 0.558. The number of benzene rings is 2. The quantitative estimate of drug-likeness (QED) is 0.271. The molecule has 1 aliphatic rings. The highest BCUT2D eigenvalue weighted by molar-refractivity contribution is 5.90. The monoisotopic (exact) mass is 582 g/mol. The van der Waals surface area contributed by atoms with Gasteiger partial charge in [-0.3, -0.25) is 0 Å². The Hall–Kier alpha value is -5.17. The van der Waals surface area contributed by atoms with E-state index in [0.29, 0.717) is 30.9 Å². The third kappa shape index (κ3) is 12.3. The molecule has 42 heavy (non-hydrogen) atoms. The molecule has 0 spiro atoms. The van der Waals surface area contributed by atoms with Crippen molar-refractivity contribution in [3.05, 3.63) is 78.9 Å². The van der Waals surface area contributed by atoms with Crippen molar-refractivity contribution in [3.63, 3.8) is 0 Å². The average molecular weight is 583 g/mol. The second-order valence-electron chi connectivity index (χ2n) is 8.88. The zero-order valence-corrected chi connectivity index (χ0v) is 23.1. The normalized spacial score (nSPS) is 13.5. The maximum absolute atomic E-state index is 9.55. The smallest absolute Gasteiger partial charge is 0.328 e. The van der Waals surface area contributed by atoms with Crippen LogP contribution < -0.4 is 9.64 Å². The highest BCUT2D eigenvalue weighted by atomic mass is 16.5. The number of nitrogens with zero attached hydrogens (tertiary/aromatic N) is 4. The van der Waals surface area contributed by atoms with E-state index in [2.05, 4.69) is 45.7 Å². The number of carbonyl (C=O) groups is 4. The summed E-state index contributed by atoms with van der Waals surface area (Å²) in [7, 11) is 2.19. The SMILES string of the molecule is CN1CCCN(c2nc3ccccc3n2CCOc2ccccc2)CC1.O=C(O)/C=C/C(=O)O.O=C(O)/C=C/C(=O)O. The molecule has 13 heteroatoms. The van der Waals surface area contributed by atoms with E-state index >= 15 is 0 Å². The third-order valence-electron chi connectivity index (χ3n) is 5.70. The maximum atomic E-state index is 9.55. The van der Waals surface area contributed by atoms with Gasteiger partial charge in [-0.05, 0) is 44.3 Å². The van der Waals surface area contributed by atoms with Crippen LogP contribution >= 0.6 is 0 Å². The molecule has 0 atom stereocenters. The van der Waals surface area contributed by atoms with Gasteiger partial charge in [0.25, 0.3) is 0 Å². The van der Waals surface area contributed by atoms with E-state index in [4.69, 9.17) is 30.1 Å². The lowest BCUT2D eigenvalue weighted by Gasteiger charge is -2.23. The first kappa shape index (κ1) is 33.0. The number of aromatic nitrogens is 2. The molecule has 2 aromatic carbocycles. The van der Waals surface area contributed by atoms with E-state index < -0.39 is 23.9 Å². The summed E-state index contributed by atoms with van der Waals surface area (Å²) in [5.41, 5.74) is 2.23. The first-order chi connectivity index (χ1) is 20.1. The van der Waals surface area contributed by atoms with Gasteiger partial charge in [0.1, 0.15) is 12.4 Å². The Morgan fingerprint density at radius 1 is 0.762 bits per heavy atom. The van der Waals surface area contributed by atoms with Crippen molar-refractivity contribution in [1.29, 1.82) is 0 Å². The van der Waals surface area contributed by atoms with Crippen molar-refractivity contribution in [2.24, 2.45) is 0 Å². The van der Waals surface area contributed by atoms with Gasteiger partial charge >= 0.3 is 23.9 Å². The minimum atomic E-state index is -1.26. The van der Waals surface area contributed by atoms with Crippen molar-refractivity contribution >= 4 is 40.9 Å². The first-order valence-corrected chi connectivity index (χ1v) is 12.9. The van der Waals surface area contributed by atoms with Gasteiger partial charge in [0.05, 0.1) is 17.6 Å². The number of carboxylic acid groups (broad SMARTS) is 4. The van der Waals surface area contributed by atoms with Crippen LogP contribution in [0.4, 0.5) is 5.95 Å². The number of ether oxygens (including phenoxy) is 1. The number of imidazole rings is 1. The van der Waals surface area contributed by atoms with Gasteiger partial charge in [-0.25, -0.2) is 24.2 Å². The average Bonchev–Trinajstić information content (AvgIpc) is 3.17. The number of carboxylic acids is 4. The Morgan fingerprint density at radius 3 is 1.88 bits per heavy atom. The van der Waals surface area contributed by atoms with Crippen LogP contribution in [0.3, 0.4) is 0 Å². The summed E-state index contributed by atoms with van der Waals surface area (Å²) in [4.78, 5) is 48.0. The number of likely N-dealkylation sites (N-methyl/N-ethyl adjacent to an activating group) is 1. The standard InChI is InChI=1S/C21H26N4O.2C4H4O4/c1-23-12-7-13-24(15-14-23)21-22-19-10-5-6-11-20(19)25(21)16-17-26-18-8-3-2-4-9-18;2*5-3(6)1-2-4(7)8/h2-6,8-11H,7,12-17H2,1H3;2*1-2H,(H,5,6)(H,7,8)/b;2*2-1+. The molecule has 0 amide bonds. The van der Waals surface area contributed by atoms with Crippen LogP contribution in [0.15, 0.2) is 78.9 Å². The highest BCUT2D eigenvalue weighted by Gasteiger charge is 2.19. The van der Waals surface area contributed by atoms with Crippen molar-refractivity contribution in [1.82, 2.24) is 14.5 Å². The van der Waals surface area contributed by atoms with Crippen LogP contribution in [0.1, 0.15) is 6.42 Å². The van der Waals surface area contributed by atoms with E-state index in [0.717, 1.165) is 49.9 Å². The van der Waals surface area contributed by atoms with Crippen molar-refractivity contribution in [2.45, 2.75) is 13.0 Å². The van der Waals surface area contributed by atoms with Gasteiger partial charge in [-0.15, -0.1) is 0 Å². The summed E-state index contributed by atoms with van der Waals surface area (Å²) in [6.07, 6.45) is 3.40. The Kier molecular flexibility index (Phi) is 13.8. The first-order valence-electron chi connectivity index (χ1n) is 12.9. The Bertz CT molecular complexity index is 1320. The lowest BCUT2D eigenvalue weighted by molar-refractivity contribution is -0.134. The van der Waals surface area contributed by atoms with Crippen LogP contribution in [0.2, 0.25) is 0 Å². The van der Waals surface area contributed by atoms with Crippen LogP contribution in [-0.2, 0) is 25.7 Å². The number of aliphatic carboxylic acids is 4. The summed E-state index contributed by atoms with van der Waals surface area (Å²) >= 11 is 0. The predicted octanol–water partition coefficient (Wildman–Crippen LogP) is 2.68. The third-order valence-corrected chi connectivity index (χ3v) is 5.70. The fourth-order valence-corrected chi connectivity index (χ4v) is 3.83. The number of hydrogen-bond acceptors (Lipinski definition) is 8. The molecule has 1 aliphatic heterocycles. The molecule has 0 saturated carbocycles. The maximum Gasteiger partial charge on any atom is 0.328 e. The summed E-state index contributed by atoms with van der Waals surface area (Å²) in [6.45, 7) is 5.70. The molecular formula is C29H34N4O9. The van der Waals surface area contributed by atoms with Crippen LogP contribution in [0.25, 0.3) is 11.0 Å². The predicted molar refractivity (Wildman–Crippen MR) is 155 cm³/mol. The number of rotatable bonds is 9. The molecule has 1 saturated heterocycles. The molecular weight excluding hydrogens is 548 g/mol. The van der Waals surface area contributed by atoms with Gasteiger partial charge in [0.15, 0.2) is 0 Å². The molecule has 2 heterocycles. The highest BCUT2D eigenvalue weighted by Crippen LogP contribution is 2.24. The van der Waals surface area contributed by atoms with Crippen LogP contribution in [0, 0.1) is 0 Å². The second kappa shape index (κ2) is 17.5. The van der Waals surface area contributed by atoms with Gasteiger partial charge in [0, 0.05) is 43.9 Å². The molecule has 0 bridgehead atoms. The molecule has 3 aromatic rings. The summed E-state index contributed by atoms with van der Waals surface area (Å²) in [6, 6.07) is 18.4. The van der Waals surface area contributed by atoms with Crippen molar-refractivity contribution in [3.8, 4) is 5.75 Å². The summed E-state index contributed by atoms with van der Waals surface area (Å²) < 4.78 is 8.25. The van der Waals surface area contributed by atoms with Gasteiger partial charge in [-0.1, -0.05) is 30.3 Å². The van der Waals surface area contributed by atoms with E-state index in [9.17, 15) is 19.2 Å². The van der Waals surface area contributed by atoms with E-state index in [1.54, 1.807) is 0 Å². The number of anilines is 1. The molecule has 0 aliphatic carbocycles. The number of para-hydroxylation sites is 3. The molecule has 13 nitrogen and oxygen atoms in total. The van der Waals surface area contributed by atoms with Gasteiger partial charge in [0.2, 0.25) is 5.95 Å². The second-order valence-corrected chi connectivity index (χ2v) is 8.88. The molecule has 0 unspecified atom stereocenters. The Labute approximate surface area is 242 Å². The molecule has 1 fully saturated rings. The zero-order chi connectivity index (χ0) is 30.9. The Morgan fingerprint density at radius 2 is 1.31 bits per heavy atom. The number of fused-ring (bicyclic) bond motifs is 1. The summed E-state index contributed by atoms with van der Waals surface area (Å²) in [5.74, 6) is -3.05. The van der Waals surface area contributed by atoms with Gasteiger partial charge in [-0.2, -0.15) is 0 Å². The lowest BCUT2D eigenvalue weighted by atomic mass is 10.3. The fourth-order valence-electron chi connectivity index (χ4n) is 3.83. The fraction of sp³-hybridized carbons (Fsp3) is 0.276. The molecule has 1 aromatic heterocycles. The largest absolute Gasteiger partial charge is 0.492 e. The summed E-state index contributed by atoms with van der Waals surface area (Å²) in [5, 5.41) is 31.2. The van der Waals surface area contributed by atoms with Crippen molar-refractivity contribution in [2.75, 3.05) is 44.7 Å². The van der Waals surface area contributed by atoms with Gasteiger partial charge < -0.3 is 39.5 Å². The topological polar surface area (TPSA) is 183 Å². The number of hydrogen-bond donors (Lipinski definition) is 4. The van der Waals surface area contributed by atoms with E-state index in [-0.39, 0.29) is 0 Å². The van der Waals surface area contributed by atoms with E-state index in [1.807, 2.05) is 30.3 Å². The minimum Gasteiger partial charge on any atom is -0.492 e. The Balaban J connectivity index is 0.000000319. The zero-order valence-electron chi connectivity index (χ0n) is 23.1. The molecule has 0 radical (unpaired) electrons. The lowest BCUT2D eigenvalue weighted by Crippen LogP contribution is -2.31. The van der Waals surface area contributed by atoms with Crippen LogP contribution in [0.5, 0.6) is 5.75 Å². The van der Waals surface area contributed by atoms with E-state index in [1.165, 1.54) is 11.9 Å². The molecule has 4 N–H and O–H groups in total.